The summed E-state index contributed by atoms with van der Waals surface area (Å²) in [7, 11) is 1.40. The monoisotopic (exact) mass is 382 g/mol. The molecule has 0 atom stereocenters. The minimum atomic E-state index is -0.473. The van der Waals surface area contributed by atoms with E-state index >= 15 is 0 Å². The molecule has 0 fully saturated rings. The molecule has 0 radical (unpaired) electrons. The average Bonchev–Trinajstić information content (AvgIpc) is 2.67. The van der Waals surface area contributed by atoms with E-state index in [9.17, 15) is 14.9 Å². The third-order valence-corrected chi connectivity index (χ3v) is 4.98. The van der Waals surface area contributed by atoms with Crippen molar-refractivity contribution in [2.75, 3.05) is 18.2 Å². The first-order chi connectivity index (χ1) is 13.1. The molecule has 3 rings (SSSR count). The molecule has 7 heteroatoms. The Morgan fingerprint density at radius 2 is 1.89 bits per heavy atom. The van der Waals surface area contributed by atoms with Crippen molar-refractivity contribution in [1.82, 2.24) is 0 Å². The number of fused-ring (bicyclic) bond motifs is 1. The maximum atomic E-state index is 12.2. The molecular formula is C20H18N2O4S. The van der Waals surface area contributed by atoms with E-state index in [2.05, 4.69) is 5.32 Å². The molecular weight excluding hydrogens is 364 g/mol. The van der Waals surface area contributed by atoms with Crippen LogP contribution in [0.2, 0.25) is 0 Å². The van der Waals surface area contributed by atoms with Crippen molar-refractivity contribution < 1.29 is 14.5 Å². The largest absolute Gasteiger partial charge is 0.490 e. The Balaban J connectivity index is 1.56. The lowest BCUT2D eigenvalue weighted by atomic mass is 10.1. The van der Waals surface area contributed by atoms with E-state index in [0.717, 1.165) is 22.0 Å². The molecule has 27 heavy (non-hydrogen) atoms. The van der Waals surface area contributed by atoms with Gasteiger partial charge >= 0.3 is 5.69 Å². The van der Waals surface area contributed by atoms with Gasteiger partial charge in [-0.25, -0.2) is 0 Å². The van der Waals surface area contributed by atoms with Crippen LogP contribution < -0.4 is 10.1 Å². The van der Waals surface area contributed by atoms with Gasteiger partial charge in [-0.05, 0) is 34.5 Å². The van der Waals surface area contributed by atoms with E-state index in [-0.39, 0.29) is 23.1 Å². The van der Waals surface area contributed by atoms with E-state index in [4.69, 9.17) is 4.74 Å². The molecule has 0 aliphatic heterocycles. The van der Waals surface area contributed by atoms with Crippen molar-refractivity contribution in [3.63, 3.8) is 0 Å². The summed E-state index contributed by atoms with van der Waals surface area (Å²) >= 11 is 1.40. The summed E-state index contributed by atoms with van der Waals surface area (Å²) in [6, 6.07) is 18.5. The van der Waals surface area contributed by atoms with Crippen molar-refractivity contribution >= 4 is 39.8 Å². The summed E-state index contributed by atoms with van der Waals surface area (Å²) in [6.45, 7) is 0. The standard InChI is InChI=1S/C20H18N2O4S/c1-26-19-9-6-14(10-18(19)22(24)25)12-27-13-20(23)21-17-8-7-15-4-2-3-5-16(15)11-17/h2-11H,12-13H2,1H3,(H,21,23). The lowest BCUT2D eigenvalue weighted by Crippen LogP contribution is -2.14. The molecule has 0 bridgehead atoms. The molecule has 6 nitrogen and oxygen atoms in total. The molecule has 0 saturated heterocycles. The number of anilines is 1. The van der Waals surface area contributed by atoms with Gasteiger partial charge in [-0.1, -0.05) is 36.4 Å². The third-order valence-electron chi connectivity index (χ3n) is 3.98. The smallest absolute Gasteiger partial charge is 0.311 e. The van der Waals surface area contributed by atoms with Crippen LogP contribution in [0.1, 0.15) is 5.56 Å². The maximum Gasteiger partial charge on any atom is 0.311 e. The molecule has 1 amide bonds. The number of hydrogen-bond acceptors (Lipinski definition) is 5. The first-order valence-electron chi connectivity index (χ1n) is 8.24. The summed E-state index contributed by atoms with van der Waals surface area (Å²) in [4.78, 5) is 22.7. The zero-order chi connectivity index (χ0) is 19.2. The van der Waals surface area contributed by atoms with Crippen molar-refractivity contribution in [2.45, 2.75) is 5.75 Å². The summed E-state index contributed by atoms with van der Waals surface area (Å²) < 4.78 is 4.99. The summed E-state index contributed by atoms with van der Waals surface area (Å²) in [6.07, 6.45) is 0. The number of hydrogen-bond donors (Lipinski definition) is 1. The number of carbonyl (C=O) groups is 1. The summed E-state index contributed by atoms with van der Waals surface area (Å²) in [5.41, 5.74) is 1.45. The van der Waals surface area contributed by atoms with Gasteiger partial charge in [0.1, 0.15) is 0 Å². The fraction of sp³-hybridized carbons (Fsp3) is 0.150. The number of thioether (sulfide) groups is 1. The number of carbonyl (C=O) groups excluding carboxylic acids is 1. The van der Waals surface area contributed by atoms with E-state index < -0.39 is 4.92 Å². The maximum absolute atomic E-state index is 12.2. The van der Waals surface area contributed by atoms with Crippen molar-refractivity contribution in [1.29, 1.82) is 0 Å². The van der Waals surface area contributed by atoms with Crippen LogP contribution in [0.5, 0.6) is 5.75 Å². The molecule has 0 aliphatic carbocycles. The topological polar surface area (TPSA) is 81.5 Å². The van der Waals surface area contributed by atoms with E-state index in [1.54, 1.807) is 12.1 Å². The molecule has 0 aliphatic rings. The zero-order valence-electron chi connectivity index (χ0n) is 14.7. The van der Waals surface area contributed by atoms with Gasteiger partial charge in [-0.3, -0.25) is 14.9 Å². The Kier molecular flexibility index (Phi) is 5.93. The number of methoxy groups -OCH3 is 1. The second-order valence-electron chi connectivity index (χ2n) is 5.87. The Labute approximate surface area is 160 Å². The van der Waals surface area contributed by atoms with Crippen LogP contribution in [0.25, 0.3) is 10.8 Å². The molecule has 0 heterocycles. The lowest BCUT2D eigenvalue weighted by Gasteiger charge is -2.07. The Hall–Kier alpha value is -3.06. The second kappa shape index (κ2) is 8.55. The van der Waals surface area contributed by atoms with Gasteiger partial charge in [0, 0.05) is 17.5 Å². The SMILES string of the molecule is COc1ccc(CSCC(=O)Nc2ccc3ccccc3c2)cc1[N+](=O)[O-]. The highest BCUT2D eigenvalue weighted by Gasteiger charge is 2.15. The fourth-order valence-electron chi connectivity index (χ4n) is 2.69. The number of rotatable bonds is 7. The lowest BCUT2D eigenvalue weighted by molar-refractivity contribution is -0.385. The zero-order valence-corrected chi connectivity index (χ0v) is 15.5. The fourth-order valence-corrected chi connectivity index (χ4v) is 3.47. The molecule has 138 valence electrons. The number of nitro groups is 1. The predicted octanol–water partition coefficient (Wildman–Crippen LogP) is 4.63. The van der Waals surface area contributed by atoms with Crippen LogP contribution in [-0.2, 0) is 10.5 Å². The first kappa shape index (κ1) is 18.7. The van der Waals surface area contributed by atoms with E-state index in [1.165, 1.54) is 24.9 Å². The highest BCUT2D eigenvalue weighted by Crippen LogP contribution is 2.29. The van der Waals surface area contributed by atoms with E-state index in [0.29, 0.717) is 5.75 Å². The molecule has 0 spiro atoms. The van der Waals surface area contributed by atoms with Crippen LogP contribution in [0.15, 0.2) is 60.7 Å². The number of nitrogens with one attached hydrogen (secondary N) is 1. The van der Waals surface area contributed by atoms with Crippen LogP contribution in [0.3, 0.4) is 0 Å². The highest BCUT2D eigenvalue weighted by atomic mass is 32.2. The molecule has 0 aromatic heterocycles. The predicted molar refractivity (Wildman–Crippen MR) is 108 cm³/mol. The number of amides is 1. The molecule has 0 unspecified atom stereocenters. The molecule has 3 aromatic carbocycles. The van der Waals surface area contributed by atoms with Crippen molar-refractivity contribution in [3.8, 4) is 5.75 Å². The van der Waals surface area contributed by atoms with Gasteiger partial charge in [-0.2, -0.15) is 0 Å². The first-order valence-corrected chi connectivity index (χ1v) is 9.40. The van der Waals surface area contributed by atoms with Gasteiger partial charge in [0.2, 0.25) is 5.91 Å². The van der Waals surface area contributed by atoms with Gasteiger partial charge in [0.25, 0.3) is 0 Å². The number of benzene rings is 3. The Morgan fingerprint density at radius 3 is 2.63 bits per heavy atom. The van der Waals surface area contributed by atoms with Gasteiger partial charge < -0.3 is 10.1 Å². The number of nitrogens with zero attached hydrogens (tertiary/aromatic N) is 1. The molecule has 1 N–H and O–H groups in total. The van der Waals surface area contributed by atoms with Gasteiger partial charge in [0.05, 0.1) is 17.8 Å². The van der Waals surface area contributed by atoms with Crippen LogP contribution in [-0.4, -0.2) is 23.7 Å². The molecule has 0 saturated carbocycles. The van der Waals surface area contributed by atoms with Crippen LogP contribution in [0, 0.1) is 10.1 Å². The number of ether oxygens (including phenoxy) is 1. The highest BCUT2D eigenvalue weighted by molar-refractivity contribution is 7.99. The van der Waals surface area contributed by atoms with Gasteiger partial charge in [0.15, 0.2) is 5.75 Å². The third kappa shape index (κ3) is 4.77. The Bertz CT molecular complexity index is 991. The summed E-state index contributed by atoms with van der Waals surface area (Å²) in [5.74, 6) is 0.865. The number of nitro benzene ring substituents is 1. The van der Waals surface area contributed by atoms with Crippen LogP contribution >= 0.6 is 11.8 Å². The van der Waals surface area contributed by atoms with Crippen molar-refractivity contribution in [2.24, 2.45) is 0 Å². The Morgan fingerprint density at radius 1 is 1.11 bits per heavy atom. The van der Waals surface area contributed by atoms with E-state index in [1.807, 2.05) is 42.5 Å². The van der Waals surface area contributed by atoms with Gasteiger partial charge in [-0.15, -0.1) is 11.8 Å². The second-order valence-corrected chi connectivity index (χ2v) is 6.85. The van der Waals surface area contributed by atoms with Crippen molar-refractivity contribution in [3.05, 3.63) is 76.3 Å². The minimum Gasteiger partial charge on any atom is -0.490 e. The van der Waals surface area contributed by atoms with Crippen LogP contribution in [0.4, 0.5) is 11.4 Å². The summed E-state index contributed by atoms with van der Waals surface area (Å²) in [5, 5.41) is 16.1. The molecule has 3 aromatic rings. The quantitative estimate of drug-likeness (QED) is 0.476. The normalized spacial score (nSPS) is 10.6. The average molecular weight is 382 g/mol. The minimum absolute atomic E-state index is 0.0729.